The van der Waals surface area contributed by atoms with Gasteiger partial charge in [0.25, 0.3) is 5.91 Å². The number of aromatic hydroxyl groups is 1. The van der Waals surface area contributed by atoms with E-state index in [1.165, 1.54) is 0 Å². The molecule has 1 atom stereocenters. The average molecular weight is 250 g/mol. The molecule has 3 N–H and O–H groups in total. The number of carbonyl (C=O) groups excluding carboxylic acids is 1. The van der Waals surface area contributed by atoms with Crippen LogP contribution in [0.4, 0.5) is 5.69 Å². The molecule has 1 amide bonds. The zero-order valence-electron chi connectivity index (χ0n) is 10.6. The van der Waals surface area contributed by atoms with Crippen molar-refractivity contribution in [2.75, 3.05) is 25.0 Å². The second-order valence-electron chi connectivity index (χ2n) is 4.51. The third kappa shape index (κ3) is 2.80. The van der Waals surface area contributed by atoms with Crippen molar-refractivity contribution in [3.05, 3.63) is 23.3 Å². The first-order valence-corrected chi connectivity index (χ1v) is 6.01. The lowest BCUT2D eigenvalue weighted by atomic mass is 10.1. The summed E-state index contributed by atoms with van der Waals surface area (Å²) in [6.45, 7) is 5.49. The number of aryl methyl sites for hydroxylation is 2. The summed E-state index contributed by atoms with van der Waals surface area (Å²) < 4.78 is 5.38. The van der Waals surface area contributed by atoms with Gasteiger partial charge in [0.15, 0.2) is 0 Å². The number of benzene rings is 1. The van der Waals surface area contributed by atoms with Gasteiger partial charge in [-0.15, -0.1) is 0 Å². The molecular formula is C13H18N2O3. The molecule has 5 heteroatoms. The zero-order valence-corrected chi connectivity index (χ0v) is 10.6. The van der Waals surface area contributed by atoms with E-state index in [0.29, 0.717) is 18.8 Å². The van der Waals surface area contributed by atoms with E-state index in [4.69, 9.17) is 4.74 Å². The molecule has 1 aromatic carbocycles. The van der Waals surface area contributed by atoms with Gasteiger partial charge in [0, 0.05) is 18.8 Å². The first kappa shape index (κ1) is 12.9. The first-order chi connectivity index (χ1) is 8.58. The van der Waals surface area contributed by atoms with E-state index in [-0.39, 0.29) is 11.7 Å². The Bertz CT molecular complexity index is 454. The van der Waals surface area contributed by atoms with Gasteiger partial charge in [0.2, 0.25) is 0 Å². The normalized spacial score (nSPS) is 19.6. The molecule has 1 heterocycles. The van der Waals surface area contributed by atoms with Crippen LogP contribution in [0, 0.1) is 13.8 Å². The summed E-state index contributed by atoms with van der Waals surface area (Å²) in [5.41, 5.74) is 2.28. The fourth-order valence-corrected chi connectivity index (χ4v) is 1.88. The minimum atomic E-state index is -0.452. The van der Waals surface area contributed by atoms with E-state index in [2.05, 4.69) is 10.6 Å². The van der Waals surface area contributed by atoms with Crippen LogP contribution in [-0.2, 0) is 9.53 Å². The number of phenols is 1. The highest BCUT2D eigenvalue weighted by Gasteiger charge is 2.22. The number of amides is 1. The Kier molecular flexibility index (Phi) is 3.84. The molecule has 18 heavy (non-hydrogen) atoms. The number of nitrogens with one attached hydrogen (secondary N) is 2. The number of ether oxygens (including phenoxy) is 1. The van der Waals surface area contributed by atoms with Crippen LogP contribution >= 0.6 is 0 Å². The van der Waals surface area contributed by atoms with E-state index in [9.17, 15) is 9.90 Å². The fourth-order valence-electron chi connectivity index (χ4n) is 1.88. The van der Waals surface area contributed by atoms with Crippen molar-refractivity contribution in [3.63, 3.8) is 0 Å². The molecule has 5 nitrogen and oxygen atoms in total. The maximum Gasteiger partial charge on any atom is 0.254 e. The van der Waals surface area contributed by atoms with Crippen LogP contribution in [0.1, 0.15) is 11.1 Å². The maximum absolute atomic E-state index is 12.0. The Morgan fingerprint density at radius 1 is 1.44 bits per heavy atom. The summed E-state index contributed by atoms with van der Waals surface area (Å²) in [5, 5.41) is 15.5. The van der Waals surface area contributed by atoms with Crippen LogP contribution in [0.25, 0.3) is 0 Å². The smallest absolute Gasteiger partial charge is 0.254 e. The van der Waals surface area contributed by atoms with Crippen molar-refractivity contribution in [3.8, 4) is 5.75 Å². The molecule has 0 saturated carbocycles. The van der Waals surface area contributed by atoms with Crippen LogP contribution in [0.5, 0.6) is 5.75 Å². The van der Waals surface area contributed by atoms with E-state index >= 15 is 0 Å². The third-order valence-electron chi connectivity index (χ3n) is 3.02. The fraction of sp³-hybridized carbons (Fsp3) is 0.462. The van der Waals surface area contributed by atoms with Crippen molar-refractivity contribution >= 4 is 11.6 Å². The van der Waals surface area contributed by atoms with Gasteiger partial charge in [-0.2, -0.15) is 0 Å². The standard InChI is InChI=1S/C13H18N2O3/c1-8-6-11(16)9(2)5-10(8)15-13(17)12-7-14-3-4-18-12/h5-6,12,14,16H,3-4,7H2,1-2H3,(H,15,17). The predicted molar refractivity (Wildman–Crippen MR) is 68.8 cm³/mol. The highest BCUT2D eigenvalue weighted by Crippen LogP contribution is 2.25. The molecule has 1 saturated heterocycles. The lowest BCUT2D eigenvalue weighted by Gasteiger charge is -2.23. The van der Waals surface area contributed by atoms with Gasteiger partial charge < -0.3 is 20.5 Å². The summed E-state index contributed by atoms with van der Waals surface area (Å²) in [6.07, 6.45) is -0.452. The van der Waals surface area contributed by atoms with E-state index in [0.717, 1.165) is 17.7 Å². The van der Waals surface area contributed by atoms with Crippen molar-refractivity contribution in [1.82, 2.24) is 5.32 Å². The van der Waals surface area contributed by atoms with Gasteiger partial charge in [-0.1, -0.05) is 0 Å². The maximum atomic E-state index is 12.0. The van der Waals surface area contributed by atoms with Gasteiger partial charge in [-0.25, -0.2) is 0 Å². The average Bonchev–Trinajstić information content (AvgIpc) is 2.37. The van der Waals surface area contributed by atoms with Crippen LogP contribution in [-0.4, -0.2) is 36.8 Å². The van der Waals surface area contributed by atoms with Gasteiger partial charge in [0.1, 0.15) is 11.9 Å². The summed E-state index contributed by atoms with van der Waals surface area (Å²) in [7, 11) is 0. The largest absolute Gasteiger partial charge is 0.508 e. The quantitative estimate of drug-likeness (QED) is 0.683. The summed E-state index contributed by atoms with van der Waals surface area (Å²) in [6, 6.07) is 3.41. The first-order valence-electron chi connectivity index (χ1n) is 6.01. The molecule has 0 bridgehead atoms. The molecule has 0 radical (unpaired) electrons. The van der Waals surface area contributed by atoms with Crippen LogP contribution in [0.3, 0.4) is 0 Å². The Balaban J connectivity index is 2.08. The lowest BCUT2D eigenvalue weighted by Crippen LogP contribution is -2.45. The predicted octanol–water partition coefficient (Wildman–Crippen LogP) is 0.936. The van der Waals surface area contributed by atoms with Crippen molar-refractivity contribution < 1.29 is 14.6 Å². The zero-order chi connectivity index (χ0) is 13.1. The Hall–Kier alpha value is -1.59. The van der Waals surface area contributed by atoms with E-state index < -0.39 is 6.10 Å². The molecular weight excluding hydrogens is 232 g/mol. The van der Waals surface area contributed by atoms with Gasteiger partial charge >= 0.3 is 0 Å². The molecule has 1 aliphatic heterocycles. The van der Waals surface area contributed by atoms with Gasteiger partial charge in [-0.05, 0) is 37.1 Å². The molecule has 0 aromatic heterocycles. The lowest BCUT2D eigenvalue weighted by molar-refractivity contribution is -0.128. The number of morpholine rings is 1. The van der Waals surface area contributed by atoms with Crippen molar-refractivity contribution in [1.29, 1.82) is 0 Å². The Morgan fingerprint density at radius 3 is 2.89 bits per heavy atom. The highest BCUT2D eigenvalue weighted by molar-refractivity contribution is 5.95. The molecule has 1 aromatic rings. The molecule has 0 aliphatic carbocycles. The number of anilines is 1. The monoisotopic (exact) mass is 250 g/mol. The minimum Gasteiger partial charge on any atom is -0.508 e. The number of carbonyl (C=O) groups is 1. The summed E-state index contributed by atoms with van der Waals surface area (Å²) in [4.78, 5) is 12.0. The highest BCUT2D eigenvalue weighted by atomic mass is 16.5. The summed E-state index contributed by atoms with van der Waals surface area (Å²) >= 11 is 0. The van der Waals surface area contributed by atoms with Crippen LogP contribution in [0.15, 0.2) is 12.1 Å². The molecule has 1 unspecified atom stereocenters. The third-order valence-corrected chi connectivity index (χ3v) is 3.02. The SMILES string of the molecule is Cc1cc(NC(=O)C2CNCCO2)c(C)cc1O. The number of rotatable bonds is 2. The van der Waals surface area contributed by atoms with Crippen LogP contribution < -0.4 is 10.6 Å². The molecule has 1 fully saturated rings. The second kappa shape index (κ2) is 5.37. The van der Waals surface area contributed by atoms with Crippen molar-refractivity contribution in [2.45, 2.75) is 20.0 Å². The van der Waals surface area contributed by atoms with Gasteiger partial charge in [0.05, 0.1) is 6.61 Å². The Morgan fingerprint density at radius 2 is 2.22 bits per heavy atom. The molecule has 2 rings (SSSR count). The topological polar surface area (TPSA) is 70.6 Å². The van der Waals surface area contributed by atoms with E-state index in [1.807, 2.05) is 6.92 Å². The molecule has 1 aliphatic rings. The minimum absolute atomic E-state index is 0.157. The molecule has 0 spiro atoms. The second-order valence-corrected chi connectivity index (χ2v) is 4.51. The Labute approximate surface area is 106 Å². The molecule has 98 valence electrons. The van der Waals surface area contributed by atoms with Crippen molar-refractivity contribution in [2.24, 2.45) is 0 Å². The number of phenolic OH excluding ortho intramolecular Hbond substituents is 1. The number of hydrogen-bond acceptors (Lipinski definition) is 4. The summed E-state index contributed by atoms with van der Waals surface area (Å²) in [5.74, 6) is 0.0801. The number of hydrogen-bond donors (Lipinski definition) is 3. The van der Waals surface area contributed by atoms with Gasteiger partial charge in [-0.3, -0.25) is 4.79 Å². The van der Waals surface area contributed by atoms with Crippen LogP contribution in [0.2, 0.25) is 0 Å². The van der Waals surface area contributed by atoms with E-state index in [1.54, 1.807) is 19.1 Å².